The van der Waals surface area contributed by atoms with E-state index in [2.05, 4.69) is 20.6 Å². The molecule has 9 heteroatoms. The summed E-state index contributed by atoms with van der Waals surface area (Å²) in [6, 6.07) is 2.46. The van der Waals surface area contributed by atoms with Gasteiger partial charge in [-0.05, 0) is 18.1 Å². The molecule has 0 aliphatic carbocycles. The second kappa shape index (κ2) is 7.28. The van der Waals surface area contributed by atoms with E-state index in [-0.39, 0.29) is 30.7 Å². The second-order valence-electron chi connectivity index (χ2n) is 6.87. The first-order chi connectivity index (χ1) is 12.4. The number of nitrogens with zero attached hydrogens (tertiary/aromatic N) is 4. The molecule has 9 nitrogen and oxygen atoms in total. The van der Waals surface area contributed by atoms with Crippen LogP contribution in [-0.4, -0.2) is 67.5 Å². The molecule has 1 aliphatic heterocycles. The van der Waals surface area contributed by atoms with Crippen LogP contribution in [0.25, 0.3) is 11.4 Å². The third-order valence-electron chi connectivity index (χ3n) is 4.66. The van der Waals surface area contributed by atoms with Gasteiger partial charge in [0.2, 0.25) is 11.8 Å². The summed E-state index contributed by atoms with van der Waals surface area (Å²) in [5, 5.41) is 20.8. The molecule has 1 aliphatic rings. The Morgan fingerprint density at radius 3 is 2.81 bits per heavy atom. The standard InChI is InChI=1S/C17H24N6O3/c1-10(2)15(23-9-13(20-21-23)12-5-4-6-19-12)17(26)22-8-11(24)7-14(22)16(25)18-3/h4-6,9-11,14-15,19,24H,7-8H2,1-3H3,(H,18,25)/t11?,14-,15?/m1/s1. The van der Waals surface area contributed by atoms with Crippen LogP contribution < -0.4 is 5.32 Å². The monoisotopic (exact) mass is 360 g/mol. The largest absolute Gasteiger partial charge is 0.391 e. The minimum Gasteiger partial charge on any atom is -0.391 e. The van der Waals surface area contributed by atoms with Crippen molar-refractivity contribution in [1.29, 1.82) is 0 Å². The van der Waals surface area contributed by atoms with Crippen LogP contribution >= 0.6 is 0 Å². The number of aliphatic hydroxyl groups is 1. The van der Waals surface area contributed by atoms with E-state index in [1.54, 1.807) is 12.4 Å². The fourth-order valence-electron chi connectivity index (χ4n) is 3.37. The van der Waals surface area contributed by atoms with Crippen LogP contribution in [0, 0.1) is 5.92 Å². The van der Waals surface area contributed by atoms with Crippen LogP contribution in [0.4, 0.5) is 0 Å². The molecule has 0 bridgehead atoms. The van der Waals surface area contributed by atoms with E-state index >= 15 is 0 Å². The Balaban J connectivity index is 1.88. The number of aliphatic hydroxyl groups excluding tert-OH is 1. The SMILES string of the molecule is CNC(=O)[C@H]1CC(O)CN1C(=O)C(C(C)C)n1cc(-c2ccc[nH]2)nn1. The number of H-pyrrole nitrogens is 1. The van der Waals surface area contributed by atoms with Gasteiger partial charge in [-0.25, -0.2) is 4.68 Å². The quantitative estimate of drug-likeness (QED) is 0.703. The third kappa shape index (κ3) is 3.34. The van der Waals surface area contributed by atoms with E-state index in [1.807, 2.05) is 26.0 Å². The Bertz CT molecular complexity index is 769. The number of hydrogen-bond acceptors (Lipinski definition) is 5. The molecule has 2 amide bonds. The molecule has 3 N–H and O–H groups in total. The summed E-state index contributed by atoms with van der Waals surface area (Å²) < 4.78 is 1.54. The van der Waals surface area contributed by atoms with E-state index in [4.69, 9.17) is 0 Å². The molecule has 0 saturated carbocycles. The van der Waals surface area contributed by atoms with Gasteiger partial charge in [0.1, 0.15) is 17.8 Å². The number of β-amino-alcohol motifs (C(OH)–C–C–N with tert-alkyl or cyclic N) is 1. The van der Waals surface area contributed by atoms with Gasteiger partial charge < -0.3 is 20.3 Å². The van der Waals surface area contributed by atoms with Gasteiger partial charge in [0.15, 0.2) is 0 Å². The number of aromatic amines is 1. The average molecular weight is 360 g/mol. The Kier molecular flexibility index (Phi) is 5.08. The van der Waals surface area contributed by atoms with E-state index in [0.29, 0.717) is 5.69 Å². The number of rotatable bonds is 5. The Hall–Kier alpha value is -2.68. The summed E-state index contributed by atoms with van der Waals surface area (Å²) in [7, 11) is 1.52. The van der Waals surface area contributed by atoms with E-state index in [1.165, 1.54) is 16.6 Å². The summed E-state index contributed by atoms with van der Waals surface area (Å²) >= 11 is 0. The van der Waals surface area contributed by atoms with Crippen LogP contribution in [0.5, 0.6) is 0 Å². The maximum Gasteiger partial charge on any atom is 0.248 e. The first kappa shape index (κ1) is 18.1. The minimum atomic E-state index is -0.709. The van der Waals surface area contributed by atoms with Gasteiger partial charge in [0.25, 0.3) is 0 Å². The minimum absolute atomic E-state index is 0.0660. The summed E-state index contributed by atoms with van der Waals surface area (Å²) in [6.07, 6.45) is 3.04. The first-order valence-corrected chi connectivity index (χ1v) is 8.68. The zero-order chi connectivity index (χ0) is 18.8. The number of carbonyl (C=O) groups excluding carboxylic acids is 2. The predicted octanol–water partition coefficient (Wildman–Crippen LogP) is 0.178. The molecule has 0 aromatic carbocycles. The normalized spacial score (nSPS) is 21.2. The molecule has 0 spiro atoms. The lowest BCUT2D eigenvalue weighted by Crippen LogP contribution is -2.48. The summed E-state index contributed by atoms with van der Waals surface area (Å²) in [5.41, 5.74) is 1.45. The first-order valence-electron chi connectivity index (χ1n) is 8.68. The number of aromatic nitrogens is 4. The highest BCUT2D eigenvalue weighted by molar-refractivity contribution is 5.90. The lowest BCUT2D eigenvalue weighted by atomic mass is 10.0. The van der Waals surface area contributed by atoms with E-state index in [9.17, 15) is 14.7 Å². The molecule has 3 heterocycles. The molecular formula is C17H24N6O3. The smallest absolute Gasteiger partial charge is 0.248 e. The number of hydrogen-bond donors (Lipinski definition) is 3. The van der Waals surface area contributed by atoms with Crippen molar-refractivity contribution in [3.8, 4) is 11.4 Å². The van der Waals surface area contributed by atoms with Crippen molar-refractivity contribution in [3.05, 3.63) is 24.5 Å². The van der Waals surface area contributed by atoms with Crippen LogP contribution in [0.15, 0.2) is 24.5 Å². The van der Waals surface area contributed by atoms with E-state index in [0.717, 1.165) is 5.69 Å². The predicted molar refractivity (Wildman–Crippen MR) is 93.9 cm³/mol. The molecule has 140 valence electrons. The molecule has 2 aromatic heterocycles. The van der Waals surface area contributed by atoms with Crippen LogP contribution in [-0.2, 0) is 9.59 Å². The van der Waals surface area contributed by atoms with Crippen molar-refractivity contribution in [2.75, 3.05) is 13.6 Å². The van der Waals surface area contributed by atoms with Gasteiger partial charge in [0, 0.05) is 26.2 Å². The zero-order valence-electron chi connectivity index (χ0n) is 15.1. The lowest BCUT2D eigenvalue weighted by molar-refractivity contribution is -0.142. The highest BCUT2D eigenvalue weighted by Gasteiger charge is 2.42. The van der Waals surface area contributed by atoms with Gasteiger partial charge in [-0.3, -0.25) is 9.59 Å². The summed E-state index contributed by atoms with van der Waals surface area (Å²) in [6.45, 7) is 3.97. The fraction of sp³-hybridized carbons (Fsp3) is 0.529. The van der Waals surface area contributed by atoms with Crippen molar-refractivity contribution in [3.63, 3.8) is 0 Å². The number of likely N-dealkylation sites (tertiary alicyclic amines) is 1. The number of nitrogens with one attached hydrogen (secondary N) is 2. The molecule has 26 heavy (non-hydrogen) atoms. The highest BCUT2D eigenvalue weighted by Crippen LogP contribution is 2.27. The molecule has 3 rings (SSSR count). The van der Waals surface area contributed by atoms with Gasteiger partial charge >= 0.3 is 0 Å². The van der Waals surface area contributed by atoms with Gasteiger partial charge in [-0.2, -0.15) is 0 Å². The number of likely N-dealkylation sites (N-methyl/N-ethyl adjacent to an activating group) is 1. The maximum absolute atomic E-state index is 13.2. The van der Waals surface area contributed by atoms with E-state index < -0.39 is 18.2 Å². The molecule has 2 unspecified atom stereocenters. The molecule has 2 aromatic rings. The number of carbonyl (C=O) groups is 2. The van der Waals surface area contributed by atoms with Crippen molar-refractivity contribution in [2.45, 2.75) is 38.5 Å². The van der Waals surface area contributed by atoms with Gasteiger partial charge in [-0.1, -0.05) is 19.1 Å². The molecule has 3 atom stereocenters. The second-order valence-corrected chi connectivity index (χ2v) is 6.87. The molecule has 1 saturated heterocycles. The topological polar surface area (TPSA) is 116 Å². The van der Waals surface area contributed by atoms with Crippen molar-refractivity contribution in [2.24, 2.45) is 5.92 Å². The Labute approximate surface area is 151 Å². The van der Waals surface area contributed by atoms with Crippen LogP contribution in [0.1, 0.15) is 26.3 Å². The summed E-state index contributed by atoms with van der Waals surface area (Å²) in [5.74, 6) is -0.583. The highest BCUT2D eigenvalue weighted by atomic mass is 16.3. The lowest BCUT2D eigenvalue weighted by Gasteiger charge is -2.29. The van der Waals surface area contributed by atoms with Gasteiger partial charge in [-0.15, -0.1) is 5.10 Å². The Morgan fingerprint density at radius 2 is 2.19 bits per heavy atom. The van der Waals surface area contributed by atoms with Crippen molar-refractivity contribution < 1.29 is 14.7 Å². The Morgan fingerprint density at radius 1 is 1.42 bits per heavy atom. The fourth-order valence-corrected chi connectivity index (χ4v) is 3.37. The van der Waals surface area contributed by atoms with Gasteiger partial charge in [0.05, 0.1) is 18.0 Å². The molecule has 0 radical (unpaired) electrons. The van der Waals surface area contributed by atoms with Crippen molar-refractivity contribution in [1.82, 2.24) is 30.2 Å². The van der Waals surface area contributed by atoms with Crippen molar-refractivity contribution >= 4 is 11.8 Å². The molecule has 1 fully saturated rings. The third-order valence-corrected chi connectivity index (χ3v) is 4.66. The molecular weight excluding hydrogens is 336 g/mol. The maximum atomic E-state index is 13.2. The van der Waals surface area contributed by atoms with Crippen LogP contribution in [0.3, 0.4) is 0 Å². The number of amides is 2. The zero-order valence-corrected chi connectivity index (χ0v) is 15.1. The van der Waals surface area contributed by atoms with Crippen LogP contribution in [0.2, 0.25) is 0 Å². The summed E-state index contributed by atoms with van der Waals surface area (Å²) in [4.78, 5) is 29.8. The average Bonchev–Trinajstić information content (AvgIpc) is 3.33.